The molecule has 0 radical (unpaired) electrons. The smallest absolute Gasteiger partial charge is 0.255 e. The van der Waals surface area contributed by atoms with Gasteiger partial charge in [0, 0.05) is 14.5 Å². The van der Waals surface area contributed by atoms with Gasteiger partial charge in [-0.2, -0.15) is 0 Å². The summed E-state index contributed by atoms with van der Waals surface area (Å²) in [7, 11) is 0. The number of hydrogen-bond acceptors (Lipinski definition) is 1. The van der Waals surface area contributed by atoms with Crippen LogP contribution in [0.4, 0.5) is 10.1 Å². The maximum absolute atomic E-state index is 13.2. The molecule has 0 aliphatic carbocycles. The number of anilines is 1. The summed E-state index contributed by atoms with van der Waals surface area (Å²) >= 11 is 6.84. The molecule has 2 rings (SSSR count). The van der Waals surface area contributed by atoms with Crippen molar-refractivity contribution in [3.8, 4) is 0 Å². The van der Waals surface area contributed by atoms with E-state index in [2.05, 4.69) is 37.2 Å². The molecule has 0 aliphatic heterocycles. The number of nitrogens with one attached hydrogen (secondary N) is 1. The van der Waals surface area contributed by atoms with Crippen molar-refractivity contribution in [2.45, 2.75) is 13.8 Å². The van der Waals surface area contributed by atoms with Crippen LogP contribution in [0.3, 0.4) is 0 Å². The van der Waals surface area contributed by atoms with Crippen LogP contribution in [0.1, 0.15) is 21.5 Å². The topological polar surface area (TPSA) is 29.1 Å². The Hall–Kier alpha value is -1.20. The van der Waals surface area contributed by atoms with Crippen LogP contribution in [0, 0.1) is 19.7 Å². The number of rotatable bonds is 2. The summed E-state index contributed by atoms with van der Waals surface area (Å²) in [5, 5.41) is 2.81. The third kappa shape index (κ3) is 3.27. The highest BCUT2D eigenvalue weighted by atomic mass is 79.9. The van der Waals surface area contributed by atoms with E-state index in [4.69, 9.17) is 0 Å². The molecule has 2 aromatic carbocycles. The SMILES string of the molecule is Cc1cc(Br)c(NC(=O)c2ccc(F)c(C)c2)c(Br)c1. The summed E-state index contributed by atoms with van der Waals surface area (Å²) in [6.07, 6.45) is 0. The first kappa shape index (κ1) is 15.2. The molecule has 2 aromatic rings. The van der Waals surface area contributed by atoms with Gasteiger partial charge < -0.3 is 5.32 Å². The molecule has 5 heteroatoms. The van der Waals surface area contributed by atoms with Crippen molar-refractivity contribution in [2.24, 2.45) is 0 Å². The van der Waals surface area contributed by atoms with Gasteiger partial charge in [0.05, 0.1) is 5.69 Å². The van der Waals surface area contributed by atoms with Crippen molar-refractivity contribution in [1.29, 1.82) is 0 Å². The lowest BCUT2D eigenvalue weighted by atomic mass is 10.1. The summed E-state index contributed by atoms with van der Waals surface area (Å²) in [6, 6.07) is 8.12. The molecule has 0 fully saturated rings. The minimum Gasteiger partial charge on any atom is -0.320 e. The van der Waals surface area contributed by atoms with E-state index in [9.17, 15) is 9.18 Å². The molecule has 1 N–H and O–H groups in total. The van der Waals surface area contributed by atoms with E-state index in [-0.39, 0.29) is 11.7 Å². The van der Waals surface area contributed by atoms with Crippen LogP contribution in [0.5, 0.6) is 0 Å². The average Bonchev–Trinajstić information content (AvgIpc) is 2.36. The van der Waals surface area contributed by atoms with E-state index in [1.807, 2.05) is 19.1 Å². The highest BCUT2D eigenvalue weighted by Gasteiger charge is 2.12. The fourth-order valence-electron chi connectivity index (χ4n) is 1.79. The van der Waals surface area contributed by atoms with Gasteiger partial charge in [0.25, 0.3) is 5.91 Å². The number of halogens is 3. The molecule has 104 valence electrons. The van der Waals surface area contributed by atoms with E-state index in [1.54, 1.807) is 6.92 Å². The largest absolute Gasteiger partial charge is 0.320 e. The first-order valence-electron chi connectivity index (χ1n) is 5.91. The van der Waals surface area contributed by atoms with E-state index in [0.717, 1.165) is 14.5 Å². The Bertz CT molecular complexity index is 663. The molecule has 0 aliphatic rings. The first-order chi connectivity index (χ1) is 9.38. The summed E-state index contributed by atoms with van der Waals surface area (Å²) < 4.78 is 14.8. The number of amides is 1. The number of hydrogen-bond donors (Lipinski definition) is 1. The van der Waals surface area contributed by atoms with Gasteiger partial charge in [-0.25, -0.2) is 4.39 Å². The highest BCUT2D eigenvalue weighted by molar-refractivity contribution is 9.11. The lowest BCUT2D eigenvalue weighted by Gasteiger charge is -2.11. The standard InChI is InChI=1S/C15H12Br2FNO/c1-8-5-11(16)14(12(17)6-8)19-15(20)10-3-4-13(18)9(2)7-10/h3-7H,1-2H3,(H,19,20). The summed E-state index contributed by atoms with van der Waals surface area (Å²) in [5.74, 6) is -0.599. The van der Waals surface area contributed by atoms with Gasteiger partial charge in [-0.15, -0.1) is 0 Å². The molecule has 1 amide bonds. The van der Waals surface area contributed by atoms with Crippen molar-refractivity contribution in [3.05, 3.63) is 61.8 Å². The Morgan fingerprint density at radius 2 is 1.70 bits per heavy atom. The molecule has 2 nitrogen and oxygen atoms in total. The van der Waals surface area contributed by atoms with Gasteiger partial charge in [0.1, 0.15) is 5.82 Å². The van der Waals surface area contributed by atoms with Crippen LogP contribution >= 0.6 is 31.9 Å². The molecule has 0 spiro atoms. The number of carbonyl (C=O) groups excluding carboxylic acids is 1. The Labute approximate surface area is 133 Å². The second-order valence-corrected chi connectivity index (χ2v) is 6.23. The van der Waals surface area contributed by atoms with Crippen LogP contribution in [0.25, 0.3) is 0 Å². The lowest BCUT2D eigenvalue weighted by molar-refractivity contribution is 0.102. The molecule has 20 heavy (non-hydrogen) atoms. The Morgan fingerprint density at radius 3 is 2.25 bits per heavy atom. The Balaban J connectivity index is 2.30. The molecule has 0 saturated carbocycles. The van der Waals surface area contributed by atoms with Crippen molar-refractivity contribution in [3.63, 3.8) is 0 Å². The van der Waals surface area contributed by atoms with Crippen LogP contribution in [0.2, 0.25) is 0 Å². The second-order valence-electron chi connectivity index (χ2n) is 4.52. The van der Waals surface area contributed by atoms with Gasteiger partial charge in [-0.05, 0) is 87.2 Å². The zero-order valence-corrected chi connectivity index (χ0v) is 14.1. The molecule has 0 bridgehead atoms. The van der Waals surface area contributed by atoms with Crippen LogP contribution < -0.4 is 5.32 Å². The van der Waals surface area contributed by atoms with E-state index < -0.39 is 0 Å². The molecule has 0 aromatic heterocycles. The summed E-state index contributed by atoms with van der Waals surface area (Å²) in [4.78, 5) is 12.2. The average molecular weight is 401 g/mol. The van der Waals surface area contributed by atoms with Crippen molar-refractivity contribution >= 4 is 43.5 Å². The third-order valence-electron chi connectivity index (χ3n) is 2.85. The zero-order chi connectivity index (χ0) is 14.9. The fourth-order valence-corrected chi connectivity index (χ4v) is 3.40. The van der Waals surface area contributed by atoms with Crippen LogP contribution in [-0.4, -0.2) is 5.91 Å². The predicted molar refractivity (Wildman–Crippen MR) is 85.7 cm³/mol. The van der Waals surface area contributed by atoms with Gasteiger partial charge in [-0.3, -0.25) is 4.79 Å². The summed E-state index contributed by atoms with van der Waals surface area (Å²) in [5.41, 5.74) is 2.59. The molecule has 0 unspecified atom stereocenters. The first-order valence-corrected chi connectivity index (χ1v) is 7.50. The lowest BCUT2D eigenvalue weighted by Crippen LogP contribution is -2.13. The number of aryl methyl sites for hydroxylation is 2. The van der Waals surface area contributed by atoms with Gasteiger partial charge in [0.2, 0.25) is 0 Å². The fraction of sp³-hybridized carbons (Fsp3) is 0.133. The monoisotopic (exact) mass is 399 g/mol. The molecule has 0 heterocycles. The molecular formula is C15H12Br2FNO. The van der Waals surface area contributed by atoms with Crippen molar-refractivity contribution < 1.29 is 9.18 Å². The van der Waals surface area contributed by atoms with Crippen LogP contribution in [0.15, 0.2) is 39.3 Å². The summed E-state index contributed by atoms with van der Waals surface area (Å²) in [6.45, 7) is 3.59. The minimum atomic E-state index is -0.320. The third-order valence-corrected chi connectivity index (χ3v) is 4.10. The van der Waals surface area contributed by atoms with Crippen molar-refractivity contribution in [1.82, 2.24) is 0 Å². The zero-order valence-electron chi connectivity index (χ0n) is 10.9. The normalized spacial score (nSPS) is 10.4. The minimum absolute atomic E-state index is 0.279. The molecule has 0 atom stereocenters. The number of carbonyl (C=O) groups is 1. The van der Waals surface area contributed by atoms with Gasteiger partial charge in [0.15, 0.2) is 0 Å². The Morgan fingerprint density at radius 1 is 1.10 bits per heavy atom. The molecule has 0 saturated heterocycles. The molecular weight excluding hydrogens is 389 g/mol. The second kappa shape index (κ2) is 6.06. The maximum Gasteiger partial charge on any atom is 0.255 e. The van der Waals surface area contributed by atoms with E-state index >= 15 is 0 Å². The maximum atomic E-state index is 13.2. The Kier molecular flexibility index (Phi) is 4.60. The quantitative estimate of drug-likeness (QED) is 0.735. The highest BCUT2D eigenvalue weighted by Crippen LogP contribution is 2.32. The van der Waals surface area contributed by atoms with E-state index in [0.29, 0.717) is 16.8 Å². The number of benzene rings is 2. The predicted octanol–water partition coefficient (Wildman–Crippen LogP) is 5.22. The van der Waals surface area contributed by atoms with Crippen LogP contribution in [-0.2, 0) is 0 Å². The van der Waals surface area contributed by atoms with Crippen molar-refractivity contribution in [2.75, 3.05) is 5.32 Å². The van der Waals surface area contributed by atoms with Gasteiger partial charge in [-0.1, -0.05) is 0 Å². The van der Waals surface area contributed by atoms with E-state index in [1.165, 1.54) is 18.2 Å². The van der Waals surface area contributed by atoms with Gasteiger partial charge >= 0.3 is 0 Å².